The Morgan fingerprint density at radius 1 is 1.39 bits per heavy atom. The summed E-state index contributed by atoms with van der Waals surface area (Å²) in [6, 6.07) is 11.0. The number of benzene rings is 1. The van der Waals surface area contributed by atoms with Gasteiger partial charge in [-0.1, -0.05) is 37.3 Å². The molecule has 0 spiro atoms. The van der Waals surface area contributed by atoms with Crippen LogP contribution in [-0.4, -0.2) is 29.0 Å². The van der Waals surface area contributed by atoms with Crippen molar-refractivity contribution < 1.29 is 0 Å². The summed E-state index contributed by atoms with van der Waals surface area (Å²) in [5, 5.41) is 0. The summed E-state index contributed by atoms with van der Waals surface area (Å²) in [6.45, 7) is 7.46. The van der Waals surface area contributed by atoms with Gasteiger partial charge in [0.15, 0.2) is 5.96 Å². The van der Waals surface area contributed by atoms with Gasteiger partial charge in [-0.3, -0.25) is 4.99 Å². The molecule has 1 aromatic rings. The van der Waals surface area contributed by atoms with Crippen molar-refractivity contribution in [2.45, 2.75) is 45.2 Å². The summed E-state index contributed by atoms with van der Waals surface area (Å²) in [4.78, 5) is 6.75. The van der Waals surface area contributed by atoms with E-state index in [1.807, 2.05) is 0 Å². The fourth-order valence-corrected chi connectivity index (χ4v) is 2.80. The normalized spacial score (nSPS) is 25.1. The Kier molecular flexibility index (Phi) is 3.60. The highest BCUT2D eigenvalue weighted by Crippen LogP contribution is 2.28. The second-order valence-corrected chi connectivity index (χ2v) is 5.46. The van der Waals surface area contributed by atoms with Gasteiger partial charge in [-0.15, -0.1) is 0 Å². The number of nitrogens with two attached hydrogens (primary N) is 1. The Morgan fingerprint density at radius 2 is 2.06 bits per heavy atom. The lowest BCUT2D eigenvalue weighted by Gasteiger charge is -2.40. The first-order chi connectivity index (χ1) is 8.57. The smallest absolute Gasteiger partial charge is 0.192 e. The van der Waals surface area contributed by atoms with Crippen LogP contribution >= 0.6 is 0 Å². The summed E-state index contributed by atoms with van der Waals surface area (Å²) in [7, 11) is 0. The van der Waals surface area contributed by atoms with Crippen LogP contribution in [-0.2, 0) is 6.42 Å². The molecule has 3 heteroatoms. The van der Waals surface area contributed by atoms with Gasteiger partial charge in [0, 0.05) is 6.04 Å². The van der Waals surface area contributed by atoms with E-state index in [1.54, 1.807) is 0 Å². The van der Waals surface area contributed by atoms with Crippen LogP contribution in [0.15, 0.2) is 35.3 Å². The first-order valence-corrected chi connectivity index (χ1v) is 6.70. The van der Waals surface area contributed by atoms with Crippen LogP contribution < -0.4 is 5.73 Å². The van der Waals surface area contributed by atoms with Gasteiger partial charge >= 0.3 is 0 Å². The third-order valence-electron chi connectivity index (χ3n) is 3.87. The van der Waals surface area contributed by atoms with E-state index in [2.05, 4.69) is 61.0 Å². The van der Waals surface area contributed by atoms with Gasteiger partial charge in [0.2, 0.25) is 0 Å². The van der Waals surface area contributed by atoms with Gasteiger partial charge in [0.1, 0.15) is 0 Å². The van der Waals surface area contributed by atoms with Crippen molar-refractivity contribution in [3.8, 4) is 0 Å². The molecule has 2 atom stereocenters. The predicted octanol–water partition coefficient (Wildman–Crippen LogP) is 2.42. The Bertz CT molecular complexity index is 427. The average Bonchev–Trinajstić information content (AvgIpc) is 2.65. The molecule has 0 radical (unpaired) electrons. The second-order valence-electron chi connectivity index (χ2n) is 5.46. The van der Waals surface area contributed by atoms with Gasteiger partial charge < -0.3 is 10.6 Å². The summed E-state index contributed by atoms with van der Waals surface area (Å²) in [5.41, 5.74) is 7.42. The van der Waals surface area contributed by atoms with Crippen LogP contribution in [0.4, 0.5) is 0 Å². The molecule has 0 bridgehead atoms. The minimum Gasteiger partial charge on any atom is -0.370 e. The predicted molar refractivity (Wildman–Crippen MR) is 76.6 cm³/mol. The van der Waals surface area contributed by atoms with E-state index in [0.717, 1.165) is 19.4 Å². The van der Waals surface area contributed by atoms with Gasteiger partial charge in [0.05, 0.1) is 12.1 Å². The molecule has 98 valence electrons. The number of nitrogens with zero attached hydrogens (tertiary/aromatic N) is 2. The lowest BCUT2D eigenvalue weighted by molar-refractivity contribution is 0.170. The quantitative estimate of drug-likeness (QED) is 0.885. The van der Waals surface area contributed by atoms with Crippen molar-refractivity contribution in [3.05, 3.63) is 35.9 Å². The number of hydrogen-bond acceptors (Lipinski definition) is 3. The molecule has 3 nitrogen and oxygen atoms in total. The second kappa shape index (κ2) is 5.01. The molecule has 2 N–H and O–H groups in total. The zero-order valence-corrected chi connectivity index (χ0v) is 11.6. The molecule has 2 unspecified atom stereocenters. The molecule has 18 heavy (non-hydrogen) atoms. The molecule has 1 aliphatic rings. The Labute approximate surface area is 110 Å². The molecule has 0 amide bonds. The first-order valence-electron chi connectivity index (χ1n) is 6.70. The molecule has 0 saturated carbocycles. The van der Waals surface area contributed by atoms with E-state index < -0.39 is 0 Å². The third-order valence-corrected chi connectivity index (χ3v) is 3.87. The lowest BCUT2D eigenvalue weighted by Crippen LogP contribution is -2.54. The van der Waals surface area contributed by atoms with Crippen molar-refractivity contribution in [3.63, 3.8) is 0 Å². The van der Waals surface area contributed by atoms with Gasteiger partial charge in [-0.2, -0.15) is 0 Å². The maximum Gasteiger partial charge on any atom is 0.192 e. The van der Waals surface area contributed by atoms with Crippen molar-refractivity contribution in [2.24, 2.45) is 10.7 Å². The van der Waals surface area contributed by atoms with Crippen molar-refractivity contribution in [2.75, 3.05) is 6.54 Å². The van der Waals surface area contributed by atoms with Crippen LogP contribution in [0.2, 0.25) is 0 Å². The highest BCUT2D eigenvalue weighted by Gasteiger charge is 2.39. The zero-order chi connectivity index (χ0) is 13.2. The van der Waals surface area contributed by atoms with Crippen LogP contribution in [0.25, 0.3) is 0 Å². The molecule has 1 heterocycles. The number of hydrogen-bond donors (Lipinski definition) is 1. The van der Waals surface area contributed by atoms with Crippen LogP contribution in [0, 0.1) is 0 Å². The Morgan fingerprint density at radius 3 is 2.67 bits per heavy atom. The molecule has 1 aromatic carbocycles. The molecule has 2 rings (SSSR count). The molecular weight excluding hydrogens is 222 g/mol. The third kappa shape index (κ3) is 2.35. The molecule has 0 aliphatic carbocycles. The van der Waals surface area contributed by atoms with E-state index in [1.165, 1.54) is 5.56 Å². The van der Waals surface area contributed by atoms with Crippen LogP contribution in [0.1, 0.15) is 32.8 Å². The summed E-state index contributed by atoms with van der Waals surface area (Å²) < 4.78 is 0. The number of aliphatic imine (C=N–C) groups is 1. The monoisotopic (exact) mass is 245 g/mol. The minimum atomic E-state index is 0.0147. The van der Waals surface area contributed by atoms with E-state index in [-0.39, 0.29) is 5.54 Å². The highest BCUT2D eigenvalue weighted by atomic mass is 15.4. The standard InChI is InChI=1S/C15H23N3/c1-4-12(2)18-14(16)17-11-15(18,3)10-13-8-6-5-7-9-13/h5-9,12H,4,10-11H2,1-3H3,(H2,16,17). The Balaban J connectivity index is 2.20. The van der Waals surface area contributed by atoms with E-state index in [9.17, 15) is 0 Å². The van der Waals surface area contributed by atoms with Gasteiger partial charge in [0.25, 0.3) is 0 Å². The Hall–Kier alpha value is -1.51. The summed E-state index contributed by atoms with van der Waals surface area (Å²) in [5.74, 6) is 0.697. The van der Waals surface area contributed by atoms with Crippen LogP contribution in [0.3, 0.4) is 0 Å². The zero-order valence-electron chi connectivity index (χ0n) is 11.6. The molecule has 0 aromatic heterocycles. The van der Waals surface area contributed by atoms with Crippen molar-refractivity contribution in [1.29, 1.82) is 0 Å². The molecule has 1 aliphatic heterocycles. The molecule has 0 saturated heterocycles. The summed E-state index contributed by atoms with van der Waals surface area (Å²) in [6.07, 6.45) is 2.07. The largest absolute Gasteiger partial charge is 0.370 e. The first kappa shape index (κ1) is 12.9. The fraction of sp³-hybridized carbons (Fsp3) is 0.533. The van der Waals surface area contributed by atoms with Crippen molar-refractivity contribution in [1.82, 2.24) is 4.90 Å². The topological polar surface area (TPSA) is 41.6 Å². The maximum atomic E-state index is 6.06. The fourth-order valence-electron chi connectivity index (χ4n) is 2.80. The van der Waals surface area contributed by atoms with Crippen LogP contribution in [0.5, 0.6) is 0 Å². The maximum absolute atomic E-state index is 6.06. The van der Waals surface area contributed by atoms with E-state index in [0.29, 0.717) is 12.0 Å². The summed E-state index contributed by atoms with van der Waals surface area (Å²) >= 11 is 0. The van der Waals surface area contributed by atoms with Gasteiger partial charge in [-0.25, -0.2) is 0 Å². The molecule has 0 fully saturated rings. The highest BCUT2D eigenvalue weighted by molar-refractivity contribution is 5.81. The molecular formula is C15H23N3. The van der Waals surface area contributed by atoms with Gasteiger partial charge in [-0.05, 0) is 32.3 Å². The van der Waals surface area contributed by atoms with Crippen molar-refractivity contribution >= 4 is 5.96 Å². The minimum absolute atomic E-state index is 0.0147. The van der Waals surface area contributed by atoms with E-state index >= 15 is 0 Å². The SMILES string of the molecule is CCC(C)N1C(N)=NCC1(C)Cc1ccccc1. The van der Waals surface area contributed by atoms with E-state index in [4.69, 9.17) is 5.73 Å². The lowest BCUT2D eigenvalue weighted by atomic mass is 9.90. The number of guanidine groups is 1. The number of rotatable bonds is 4. The average molecular weight is 245 g/mol.